The summed E-state index contributed by atoms with van der Waals surface area (Å²) in [5, 5.41) is 5.57. The van der Waals surface area contributed by atoms with Crippen molar-refractivity contribution in [2.75, 3.05) is 12.0 Å². The van der Waals surface area contributed by atoms with Crippen LogP contribution in [0.4, 0.5) is 10.1 Å². The normalized spacial score (nSPS) is 12.9. The lowest BCUT2D eigenvalue weighted by Crippen LogP contribution is -2.49. The summed E-state index contributed by atoms with van der Waals surface area (Å²) in [6.45, 7) is -1.23. The van der Waals surface area contributed by atoms with Crippen molar-refractivity contribution in [3.8, 4) is 0 Å². The SMILES string of the molecule is O=C(CF)N[C@H](Nc1ccc(Cl)cc1Cl)C(Cl)(Cl)Cl. The van der Waals surface area contributed by atoms with Crippen molar-refractivity contribution in [3.05, 3.63) is 28.2 Å². The van der Waals surface area contributed by atoms with Gasteiger partial charge in [-0.25, -0.2) is 4.39 Å². The molecule has 0 saturated heterocycles. The fourth-order valence-electron chi connectivity index (χ4n) is 1.16. The van der Waals surface area contributed by atoms with Crippen LogP contribution in [0.2, 0.25) is 10.0 Å². The molecule has 0 aliphatic carbocycles. The van der Waals surface area contributed by atoms with Gasteiger partial charge in [0.15, 0.2) is 6.67 Å². The highest BCUT2D eigenvalue weighted by atomic mass is 35.6. The van der Waals surface area contributed by atoms with Crippen LogP contribution in [0.25, 0.3) is 0 Å². The minimum Gasteiger partial charge on any atom is -0.361 e. The first-order chi connectivity index (χ1) is 8.74. The molecule has 1 amide bonds. The number of nitrogens with one attached hydrogen (secondary N) is 2. The lowest BCUT2D eigenvalue weighted by atomic mass is 10.3. The van der Waals surface area contributed by atoms with E-state index in [0.717, 1.165) is 0 Å². The number of carbonyl (C=O) groups excluding carboxylic acids is 1. The monoisotopic (exact) mass is 366 g/mol. The molecule has 0 unspecified atom stereocenters. The Kier molecular flexibility index (Phi) is 6.27. The zero-order chi connectivity index (χ0) is 14.6. The summed E-state index contributed by atoms with van der Waals surface area (Å²) in [6, 6.07) is 4.57. The van der Waals surface area contributed by atoms with Crippen molar-refractivity contribution >= 4 is 69.6 Å². The van der Waals surface area contributed by atoms with Gasteiger partial charge in [0.1, 0.15) is 6.17 Å². The Morgan fingerprint density at radius 2 is 1.95 bits per heavy atom. The summed E-state index contributed by atoms with van der Waals surface area (Å²) in [5.41, 5.74) is 0.376. The molecule has 0 bridgehead atoms. The van der Waals surface area contributed by atoms with E-state index in [2.05, 4.69) is 10.6 Å². The molecule has 0 aromatic heterocycles. The Morgan fingerprint density at radius 3 is 2.42 bits per heavy atom. The van der Waals surface area contributed by atoms with Gasteiger partial charge in [0.25, 0.3) is 5.91 Å². The molecular weight excluding hydrogens is 360 g/mol. The van der Waals surface area contributed by atoms with Crippen LogP contribution < -0.4 is 10.6 Å². The lowest BCUT2D eigenvalue weighted by molar-refractivity contribution is -0.122. The van der Waals surface area contributed by atoms with Crippen molar-refractivity contribution in [2.24, 2.45) is 0 Å². The van der Waals surface area contributed by atoms with Gasteiger partial charge in [-0.05, 0) is 18.2 Å². The number of benzene rings is 1. The standard InChI is InChI=1S/C10H8Cl5FN2O/c11-5-1-2-7(6(12)3-5)17-9(10(13,14)15)18-8(19)4-16/h1-3,9,17H,4H2,(H,18,19)/t9-/m0/s1. The number of alkyl halides is 4. The van der Waals surface area contributed by atoms with Gasteiger partial charge < -0.3 is 10.6 Å². The quantitative estimate of drug-likeness (QED) is 0.618. The number of hydrogen-bond acceptors (Lipinski definition) is 2. The van der Waals surface area contributed by atoms with Crippen LogP contribution in [0.1, 0.15) is 0 Å². The maximum absolute atomic E-state index is 12.2. The Morgan fingerprint density at radius 1 is 1.32 bits per heavy atom. The average Bonchev–Trinajstić information content (AvgIpc) is 2.29. The molecule has 0 aliphatic rings. The Hall–Kier alpha value is -0.130. The van der Waals surface area contributed by atoms with Gasteiger partial charge in [0, 0.05) is 5.02 Å². The third kappa shape index (κ3) is 5.40. The largest absolute Gasteiger partial charge is 0.361 e. The minimum absolute atomic E-state index is 0.265. The zero-order valence-electron chi connectivity index (χ0n) is 9.19. The molecule has 1 aromatic rings. The number of rotatable bonds is 4. The second kappa shape index (κ2) is 7.04. The van der Waals surface area contributed by atoms with Gasteiger partial charge in [-0.3, -0.25) is 4.79 Å². The fraction of sp³-hybridized carbons (Fsp3) is 0.300. The zero-order valence-corrected chi connectivity index (χ0v) is 13.0. The molecule has 0 heterocycles. The number of hydrogen-bond donors (Lipinski definition) is 2. The summed E-state index contributed by atoms with van der Waals surface area (Å²) in [5.74, 6) is -0.922. The van der Waals surface area contributed by atoms with Gasteiger partial charge >= 0.3 is 0 Å². The maximum atomic E-state index is 12.2. The smallest absolute Gasteiger partial charge is 0.253 e. The first-order valence-electron chi connectivity index (χ1n) is 4.87. The van der Waals surface area contributed by atoms with Crippen molar-refractivity contribution in [2.45, 2.75) is 9.96 Å². The van der Waals surface area contributed by atoms with Crippen LogP contribution in [0.15, 0.2) is 18.2 Å². The van der Waals surface area contributed by atoms with E-state index in [-0.39, 0.29) is 5.02 Å². The topological polar surface area (TPSA) is 41.1 Å². The molecule has 0 fully saturated rings. The highest BCUT2D eigenvalue weighted by molar-refractivity contribution is 6.68. The van der Waals surface area contributed by atoms with Gasteiger partial charge in [0.2, 0.25) is 3.79 Å². The molecule has 1 rings (SSSR count). The summed E-state index contributed by atoms with van der Waals surface area (Å²) in [6.07, 6.45) is -1.15. The van der Waals surface area contributed by atoms with E-state index in [0.29, 0.717) is 10.7 Å². The molecule has 106 valence electrons. The summed E-state index contributed by atoms with van der Waals surface area (Å²) < 4.78 is 10.3. The molecule has 0 spiro atoms. The molecule has 0 saturated carbocycles. The van der Waals surface area contributed by atoms with E-state index in [1.54, 1.807) is 6.07 Å². The number of anilines is 1. The third-order valence-electron chi connectivity index (χ3n) is 1.98. The predicted octanol–water partition coefficient (Wildman–Crippen LogP) is 4.19. The van der Waals surface area contributed by atoms with Gasteiger partial charge in [-0.1, -0.05) is 58.0 Å². The molecule has 1 atom stereocenters. The van der Waals surface area contributed by atoms with Crippen LogP contribution in [0.5, 0.6) is 0 Å². The van der Waals surface area contributed by atoms with Gasteiger partial charge in [-0.15, -0.1) is 0 Å². The van der Waals surface area contributed by atoms with E-state index in [4.69, 9.17) is 58.0 Å². The highest BCUT2D eigenvalue weighted by Gasteiger charge is 2.34. The third-order valence-corrected chi connectivity index (χ3v) is 3.19. The van der Waals surface area contributed by atoms with Crippen LogP contribution in [0, 0.1) is 0 Å². The second-order valence-corrected chi connectivity index (χ2v) is 6.66. The van der Waals surface area contributed by atoms with Crippen molar-refractivity contribution < 1.29 is 9.18 Å². The van der Waals surface area contributed by atoms with E-state index < -0.39 is 22.5 Å². The Balaban J connectivity index is 2.91. The van der Waals surface area contributed by atoms with Crippen LogP contribution in [0.3, 0.4) is 0 Å². The van der Waals surface area contributed by atoms with Crippen LogP contribution >= 0.6 is 58.0 Å². The van der Waals surface area contributed by atoms with E-state index in [9.17, 15) is 9.18 Å². The Labute approximate surface area is 134 Å². The molecule has 0 aliphatic heterocycles. The van der Waals surface area contributed by atoms with E-state index >= 15 is 0 Å². The van der Waals surface area contributed by atoms with Crippen molar-refractivity contribution in [1.29, 1.82) is 0 Å². The summed E-state index contributed by atoms with van der Waals surface area (Å²) in [7, 11) is 0. The first kappa shape index (κ1) is 16.9. The predicted molar refractivity (Wildman–Crippen MR) is 78.3 cm³/mol. The molecule has 9 heteroatoms. The summed E-state index contributed by atoms with van der Waals surface area (Å²) >= 11 is 28.8. The van der Waals surface area contributed by atoms with Crippen LogP contribution in [-0.2, 0) is 4.79 Å². The maximum Gasteiger partial charge on any atom is 0.253 e. The second-order valence-electron chi connectivity index (χ2n) is 3.44. The number of amides is 1. The minimum atomic E-state index is -1.90. The van der Waals surface area contributed by atoms with E-state index in [1.165, 1.54) is 12.1 Å². The van der Waals surface area contributed by atoms with Crippen molar-refractivity contribution in [3.63, 3.8) is 0 Å². The molecular formula is C10H8Cl5FN2O. The molecule has 19 heavy (non-hydrogen) atoms. The Bertz CT molecular complexity index is 466. The van der Waals surface area contributed by atoms with E-state index in [1.807, 2.05) is 0 Å². The summed E-state index contributed by atoms with van der Waals surface area (Å²) in [4.78, 5) is 11.0. The molecule has 0 radical (unpaired) electrons. The van der Waals surface area contributed by atoms with Crippen molar-refractivity contribution in [1.82, 2.24) is 5.32 Å². The molecule has 2 N–H and O–H groups in total. The van der Waals surface area contributed by atoms with Crippen LogP contribution in [-0.4, -0.2) is 22.5 Å². The average molecular weight is 368 g/mol. The van der Waals surface area contributed by atoms with Gasteiger partial charge in [0.05, 0.1) is 10.7 Å². The molecule has 3 nitrogen and oxygen atoms in total. The number of halogens is 6. The fourth-order valence-corrected chi connectivity index (χ4v) is 1.95. The lowest BCUT2D eigenvalue weighted by Gasteiger charge is -2.27. The highest BCUT2D eigenvalue weighted by Crippen LogP contribution is 2.33. The number of carbonyl (C=O) groups is 1. The van der Waals surface area contributed by atoms with Gasteiger partial charge in [-0.2, -0.15) is 0 Å². The molecule has 1 aromatic carbocycles. The first-order valence-corrected chi connectivity index (χ1v) is 6.76.